The zero-order chi connectivity index (χ0) is 16.0. The number of hydrogen-bond acceptors (Lipinski definition) is 4. The lowest BCUT2D eigenvalue weighted by Crippen LogP contribution is -2.52. The summed E-state index contributed by atoms with van der Waals surface area (Å²) in [6, 6.07) is 2.57. The van der Waals surface area contributed by atoms with Crippen LogP contribution in [0.5, 0.6) is 0 Å². The van der Waals surface area contributed by atoms with Gasteiger partial charge in [0.2, 0.25) is 0 Å². The highest BCUT2D eigenvalue weighted by Crippen LogP contribution is 2.10. The fourth-order valence-corrected chi connectivity index (χ4v) is 1.65. The SMILES string of the molecule is CCCCn1nc(C(=O)NC(C)(CC)C(=O)O)ccc1=O. The van der Waals surface area contributed by atoms with Crippen LogP contribution >= 0.6 is 0 Å². The molecule has 1 aromatic heterocycles. The maximum Gasteiger partial charge on any atom is 0.329 e. The van der Waals surface area contributed by atoms with Crippen LogP contribution in [0.3, 0.4) is 0 Å². The predicted octanol–water partition coefficient (Wildman–Crippen LogP) is 1.03. The smallest absolute Gasteiger partial charge is 0.329 e. The van der Waals surface area contributed by atoms with Crippen molar-refractivity contribution in [1.82, 2.24) is 15.1 Å². The van der Waals surface area contributed by atoms with Gasteiger partial charge in [0, 0.05) is 12.6 Å². The third-order valence-corrected chi connectivity index (χ3v) is 3.39. The van der Waals surface area contributed by atoms with E-state index in [9.17, 15) is 14.4 Å². The van der Waals surface area contributed by atoms with Gasteiger partial charge < -0.3 is 10.4 Å². The molecule has 0 aliphatic carbocycles. The van der Waals surface area contributed by atoms with E-state index in [-0.39, 0.29) is 17.7 Å². The monoisotopic (exact) mass is 295 g/mol. The van der Waals surface area contributed by atoms with Gasteiger partial charge in [0.05, 0.1) is 0 Å². The molecule has 1 unspecified atom stereocenters. The van der Waals surface area contributed by atoms with E-state index < -0.39 is 17.4 Å². The number of rotatable bonds is 7. The summed E-state index contributed by atoms with van der Waals surface area (Å²) in [5.74, 6) is -1.72. The average molecular weight is 295 g/mol. The third kappa shape index (κ3) is 4.14. The van der Waals surface area contributed by atoms with Gasteiger partial charge in [-0.25, -0.2) is 9.48 Å². The minimum absolute atomic E-state index is 0.0339. The van der Waals surface area contributed by atoms with E-state index in [0.29, 0.717) is 6.54 Å². The molecule has 0 aromatic carbocycles. The molecule has 1 amide bonds. The highest BCUT2D eigenvalue weighted by atomic mass is 16.4. The summed E-state index contributed by atoms with van der Waals surface area (Å²) in [5, 5.41) is 15.6. The molecule has 0 spiro atoms. The Balaban J connectivity index is 2.97. The van der Waals surface area contributed by atoms with Crippen LogP contribution in [0.1, 0.15) is 50.5 Å². The largest absolute Gasteiger partial charge is 0.480 e. The maximum absolute atomic E-state index is 12.1. The lowest BCUT2D eigenvalue weighted by atomic mass is 9.99. The normalized spacial score (nSPS) is 13.5. The molecule has 0 aliphatic rings. The molecule has 1 aromatic rings. The second-order valence-electron chi connectivity index (χ2n) is 5.08. The van der Waals surface area contributed by atoms with E-state index in [4.69, 9.17) is 5.11 Å². The molecule has 0 bridgehead atoms. The van der Waals surface area contributed by atoms with Crippen molar-refractivity contribution in [1.29, 1.82) is 0 Å². The minimum atomic E-state index is -1.36. The van der Waals surface area contributed by atoms with Crippen LogP contribution in [0, 0.1) is 0 Å². The minimum Gasteiger partial charge on any atom is -0.480 e. The Hall–Kier alpha value is -2.18. The summed E-state index contributed by atoms with van der Waals surface area (Å²) in [7, 11) is 0. The topological polar surface area (TPSA) is 101 Å². The lowest BCUT2D eigenvalue weighted by molar-refractivity contribution is -0.143. The van der Waals surface area contributed by atoms with E-state index in [1.807, 2.05) is 6.92 Å². The average Bonchev–Trinajstić information content (AvgIpc) is 2.45. The second-order valence-corrected chi connectivity index (χ2v) is 5.08. The molecule has 7 nitrogen and oxygen atoms in total. The first kappa shape index (κ1) is 16.9. The Morgan fingerprint density at radius 1 is 1.38 bits per heavy atom. The molecule has 1 heterocycles. The fraction of sp³-hybridized carbons (Fsp3) is 0.571. The van der Waals surface area contributed by atoms with E-state index in [1.54, 1.807) is 6.92 Å². The number of hydrogen-bond donors (Lipinski definition) is 2. The van der Waals surface area contributed by atoms with E-state index in [2.05, 4.69) is 10.4 Å². The van der Waals surface area contributed by atoms with E-state index in [1.165, 1.54) is 23.7 Å². The van der Waals surface area contributed by atoms with Gasteiger partial charge in [-0.2, -0.15) is 5.10 Å². The maximum atomic E-state index is 12.1. The summed E-state index contributed by atoms with van der Waals surface area (Å²) < 4.78 is 1.22. The summed E-state index contributed by atoms with van der Waals surface area (Å²) in [5.41, 5.74) is -1.61. The van der Waals surface area contributed by atoms with Crippen LogP contribution in [-0.4, -0.2) is 32.3 Å². The van der Waals surface area contributed by atoms with Gasteiger partial charge in [-0.05, 0) is 25.8 Å². The van der Waals surface area contributed by atoms with Crippen LogP contribution < -0.4 is 10.9 Å². The number of unbranched alkanes of at least 4 members (excludes halogenated alkanes) is 1. The lowest BCUT2D eigenvalue weighted by Gasteiger charge is -2.24. The molecule has 21 heavy (non-hydrogen) atoms. The van der Waals surface area contributed by atoms with Gasteiger partial charge >= 0.3 is 5.97 Å². The second kappa shape index (κ2) is 7.01. The Labute approximate surface area is 123 Å². The van der Waals surface area contributed by atoms with Crippen molar-refractivity contribution < 1.29 is 14.7 Å². The molecule has 1 rings (SSSR count). The van der Waals surface area contributed by atoms with E-state index >= 15 is 0 Å². The summed E-state index contributed by atoms with van der Waals surface area (Å²) in [6.07, 6.45) is 1.92. The molecule has 2 N–H and O–H groups in total. The summed E-state index contributed by atoms with van der Waals surface area (Å²) in [6.45, 7) is 5.52. The zero-order valence-electron chi connectivity index (χ0n) is 12.5. The van der Waals surface area contributed by atoms with Crippen LogP contribution in [0.25, 0.3) is 0 Å². The number of carbonyl (C=O) groups is 2. The van der Waals surface area contributed by atoms with Crippen LogP contribution in [-0.2, 0) is 11.3 Å². The highest BCUT2D eigenvalue weighted by Gasteiger charge is 2.33. The van der Waals surface area contributed by atoms with Crippen molar-refractivity contribution in [3.05, 3.63) is 28.2 Å². The van der Waals surface area contributed by atoms with Gasteiger partial charge in [-0.1, -0.05) is 20.3 Å². The number of aryl methyl sites for hydroxylation is 1. The van der Waals surface area contributed by atoms with Crippen molar-refractivity contribution in [2.75, 3.05) is 0 Å². The van der Waals surface area contributed by atoms with Crippen LogP contribution in [0.4, 0.5) is 0 Å². The molecule has 0 radical (unpaired) electrons. The van der Waals surface area contributed by atoms with Gasteiger partial charge in [0.15, 0.2) is 0 Å². The van der Waals surface area contributed by atoms with Gasteiger partial charge in [0.1, 0.15) is 11.2 Å². The zero-order valence-corrected chi connectivity index (χ0v) is 12.5. The summed E-state index contributed by atoms with van der Waals surface area (Å²) >= 11 is 0. The highest BCUT2D eigenvalue weighted by molar-refractivity contribution is 5.96. The number of nitrogens with zero attached hydrogens (tertiary/aromatic N) is 2. The van der Waals surface area contributed by atoms with Crippen molar-refractivity contribution in [3.8, 4) is 0 Å². The number of aliphatic carboxylic acids is 1. The van der Waals surface area contributed by atoms with Gasteiger partial charge in [-0.15, -0.1) is 0 Å². The Morgan fingerprint density at radius 2 is 2.05 bits per heavy atom. The number of aromatic nitrogens is 2. The quantitative estimate of drug-likeness (QED) is 0.782. The molecular weight excluding hydrogens is 274 g/mol. The van der Waals surface area contributed by atoms with Crippen molar-refractivity contribution in [3.63, 3.8) is 0 Å². The molecule has 7 heteroatoms. The third-order valence-electron chi connectivity index (χ3n) is 3.39. The molecule has 1 atom stereocenters. The van der Waals surface area contributed by atoms with Crippen LogP contribution in [0.15, 0.2) is 16.9 Å². The van der Waals surface area contributed by atoms with Crippen LogP contribution in [0.2, 0.25) is 0 Å². The van der Waals surface area contributed by atoms with Crippen molar-refractivity contribution >= 4 is 11.9 Å². The molecule has 0 aliphatic heterocycles. The number of amides is 1. The first-order valence-corrected chi connectivity index (χ1v) is 6.98. The number of carboxylic acid groups (broad SMARTS) is 1. The number of nitrogens with one attached hydrogen (secondary N) is 1. The van der Waals surface area contributed by atoms with E-state index in [0.717, 1.165) is 12.8 Å². The van der Waals surface area contributed by atoms with Gasteiger partial charge in [0.25, 0.3) is 11.5 Å². The fourth-order valence-electron chi connectivity index (χ4n) is 1.65. The Morgan fingerprint density at radius 3 is 2.57 bits per heavy atom. The number of carboxylic acids is 1. The van der Waals surface area contributed by atoms with Crippen molar-refractivity contribution in [2.24, 2.45) is 0 Å². The predicted molar refractivity (Wildman–Crippen MR) is 77.2 cm³/mol. The molecule has 0 saturated carbocycles. The Kier molecular flexibility index (Phi) is 5.63. The molecule has 0 fully saturated rings. The Bertz CT molecular complexity index is 582. The summed E-state index contributed by atoms with van der Waals surface area (Å²) in [4.78, 5) is 34.9. The first-order chi connectivity index (χ1) is 9.84. The molecule has 116 valence electrons. The first-order valence-electron chi connectivity index (χ1n) is 6.98. The van der Waals surface area contributed by atoms with Crippen molar-refractivity contribution in [2.45, 2.75) is 52.1 Å². The molecule has 0 saturated heterocycles. The number of carbonyl (C=O) groups excluding carboxylic acids is 1. The van der Waals surface area contributed by atoms with Gasteiger partial charge in [-0.3, -0.25) is 9.59 Å². The standard InChI is InChI=1S/C14H21N3O4/c1-4-6-9-17-11(18)8-7-10(16-17)12(19)15-14(3,5-2)13(20)21/h7-8H,4-6,9H2,1-3H3,(H,15,19)(H,20,21). The molecular formula is C14H21N3O4.